The van der Waals surface area contributed by atoms with Crippen LogP contribution in [0.4, 0.5) is 5.69 Å². The lowest BCUT2D eigenvalue weighted by Gasteiger charge is -2.17. The van der Waals surface area contributed by atoms with Gasteiger partial charge in [0.05, 0.1) is 111 Å². The van der Waals surface area contributed by atoms with E-state index in [1.165, 1.54) is 59.8 Å². The highest BCUT2D eigenvalue weighted by Crippen LogP contribution is 2.34. The van der Waals surface area contributed by atoms with Crippen LogP contribution in [0.5, 0.6) is 0 Å². The lowest BCUT2D eigenvalue weighted by Crippen LogP contribution is -2.19. The van der Waals surface area contributed by atoms with E-state index in [1.807, 2.05) is 110 Å². The van der Waals surface area contributed by atoms with Crippen molar-refractivity contribution in [3.63, 3.8) is 0 Å². The zero-order valence-corrected chi connectivity index (χ0v) is 72.1. The minimum absolute atomic E-state index is 0. The number of benzene rings is 3. The van der Waals surface area contributed by atoms with Gasteiger partial charge >= 0.3 is 0 Å². The van der Waals surface area contributed by atoms with Crippen molar-refractivity contribution in [1.29, 1.82) is 0 Å². The van der Waals surface area contributed by atoms with Crippen molar-refractivity contribution in [3.05, 3.63) is 256 Å². The maximum atomic E-state index is 4.64. The number of pyridine rings is 6. The number of para-hydroxylation sites is 3. The Morgan fingerprint density at radius 2 is 0.821 bits per heavy atom. The molecule has 1 aliphatic rings. The van der Waals surface area contributed by atoms with Crippen LogP contribution in [0.25, 0.3) is 73.5 Å². The Kier molecular flexibility index (Phi) is 30.1. The van der Waals surface area contributed by atoms with Crippen LogP contribution in [0.15, 0.2) is 213 Å². The van der Waals surface area contributed by atoms with Gasteiger partial charge in [0.15, 0.2) is 5.65 Å². The second-order valence-corrected chi connectivity index (χ2v) is 37.3. The standard InChI is InChI=1S/C12H15N.C11H14N2.C10H13N3.C10H12N2.2C10H11NS.3C9H10N2S.CH4/c1-12(2,3)11-8-9-6-4-5-7-10(9)13-11;1-11(2,3)9-8-13-7-5-4-6-10(13)12-9;1-10(2,3)9-12-7-4-5-11-6-8(7)13-9;1-8(2)9-7-12-6-4-3-5-10(12)11-9;2*1-7(2)10-11-8-5-3-4-6-9(8)12-10;1-6(2)9-11-7-5-10-4-3-8(7)12-9;1-6(2)9-11-7-3-4-10-5-8(7)12-9;1-6(2)9-11-8-7(12-9)4-3-5-10-8;/h4-7H,8H2,1-3H3;4-8H,1-3H3;4-6H,1-3H3,(H,12,13);3-8H,1-2H3;2*3-7H,1-2H3;3*3-6H,1-2H3;1H4. The number of nitrogens with zero attached hydrogens (tertiary/aromatic N) is 15. The van der Waals surface area contributed by atoms with E-state index in [2.05, 4.69) is 297 Å². The summed E-state index contributed by atoms with van der Waals surface area (Å²) in [6.07, 6.45) is 21.9. The molecule has 0 fully saturated rings. The summed E-state index contributed by atoms with van der Waals surface area (Å²) in [5, 5.41) is 6.02. The molecule has 15 heterocycles. The molecule has 0 amide bonds. The second kappa shape index (κ2) is 39.1. The van der Waals surface area contributed by atoms with Crippen LogP contribution in [0, 0.1) is 5.41 Å². The second-order valence-electron chi connectivity index (χ2n) is 32.0. The molecule has 0 unspecified atom stereocenters. The topological polar surface area (TPSA) is 192 Å². The van der Waals surface area contributed by atoms with E-state index in [1.54, 1.807) is 81.5 Å². The first-order chi connectivity index (χ1) is 52.8. The van der Waals surface area contributed by atoms with Gasteiger partial charge in [0.1, 0.15) is 17.1 Å². The van der Waals surface area contributed by atoms with Crippen LogP contribution in [0.1, 0.15) is 236 Å². The number of imidazole rings is 3. The number of aromatic nitrogens is 15. The van der Waals surface area contributed by atoms with E-state index in [4.69, 9.17) is 0 Å². The lowest BCUT2D eigenvalue weighted by molar-refractivity contribution is 0.554. The number of thiazole rings is 5. The molecule has 16 nitrogen and oxygen atoms in total. The number of rotatable bonds is 6. The molecule has 21 heteroatoms. The number of fused-ring (bicyclic) bond motifs is 9. The van der Waals surface area contributed by atoms with Crippen molar-refractivity contribution in [1.82, 2.24) is 73.6 Å². The van der Waals surface area contributed by atoms with E-state index in [0.29, 0.717) is 35.5 Å². The summed E-state index contributed by atoms with van der Waals surface area (Å²) in [7, 11) is 0. The van der Waals surface area contributed by atoms with Crippen LogP contribution in [0.2, 0.25) is 0 Å². The first kappa shape index (κ1) is 86.2. The van der Waals surface area contributed by atoms with E-state index >= 15 is 0 Å². The van der Waals surface area contributed by atoms with Gasteiger partial charge in [0.25, 0.3) is 0 Å². The normalized spacial score (nSPS) is 11.9. The van der Waals surface area contributed by atoms with Crippen LogP contribution in [-0.2, 0) is 17.3 Å². The Balaban J connectivity index is 0.000000145. The molecule has 0 spiro atoms. The third-order valence-electron chi connectivity index (χ3n) is 17.3. The molecule has 0 saturated heterocycles. The molecule has 1 aliphatic heterocycles. The fourth-order valence-electron chi connectivity index (χ4n) is 10.7. The predicted octanol–water partition coefficient (Wildman–Crippen LogP) is 26.6. The molecule has 0 saturated carbocycles. The molecule has 18 rings (SSSR count). The Morgan fingerprint density at radius 1 is 0.366 bits per heavy atom. The van der Waals surface area contributed by atoms with Gasteiger partial charge in [-0.05, 0) is 96.4 Å². The molecular weight excluding hydrogens is 1480 g/mol. The maximum Gasteiger partial charge on any atom is 0.170 e. The van der Waals surface area contributed by atoms with Gasteiger partial charge in [0, 0.05) is 114 Å². The molecule has 17 aromatic rings. The van der Waals surface area contributed by atoms with Crippen molar-refractivity contribution in [2.75, 3.05) is 0 Å². The molecule has 0 atom stereocenters. The van der Waals surface area contributed by atoms with E-state index in [9.17, 15) is 0 Å². The first-order valence-corrected chi connectivity index (χ1v) is 42.1. The Labute approximate surface area is 681 Å². The fraction of sp³-hybridized carbons (Fsp3) is 0.352. The summed E-state index contributed by atoms with van der Waals surface area (Å²) >= 11 is 8.81. The summed E-state index contributed by atoms with van der Waals surface area (Å²) in [5.41, 5.74) is 15.8. The minimum atomic E-state index is 0. The average molecular weight is 1590 g/mol. The SMILES string of the molecule is C.CC(C)(C)C1=Nc2ccccc2C1.CC(C)(C)c1cn2ccccc2n1.CC(C)(C)c1nc2ccncc2[nH]1.CC(C)c1cn2ccccc2n1.CC(C)c1nc2ccccc2s1.CC(C)c1nc2ccccc2s1.CC(C)c1nc2ccncc2s1.CC(C)c1nc2cnccc2s1.CC(C)c1nc2ncccc2s1. The average Bonchev–Trinajstić information content (AvgIpc) is 1.67. The van der Waals surface area contributed by atoms with Crippen molar-refractivity contribution in [2.45, 2.75) is 206 Å². The van der Waals surface area contributed by atoms with Gasteiger partial charge in [-0.1, -0.05) is 207 Å². The Hall–Kier alpha value is -9.77. The quantitative estimate of drug-likeness (QED) is 0.166. The molecule has 14 aromatic heterocycles. The van der Waals surface area contributed by atoms with Crippen LogP contribution >= 0.6 is 56.7 Å². The summed E-state index contributed by atoms with van der Waals surface area (Å²) in [5.74, 6) is 4.14. The van der Waals surface area contributed by atoms with Crippen molar-refractivity contribution < 1.29 is 0 Å². The smallest absolute Gasteiger partial charge is 0.170 e. The number of aromatic amines is 1. The van der Waals surface area contributed by atoms with E-state index < -0.39 is 0 Å². The lowest BCUT2D eigenvalue weighted by atomic mass is 9.87. The maximum absolute atomic E-state index is 4.64. The minimum Gasteiger partial charge on any atom is -0.340 e. The molecule has 0 radical (unpaired) electrons. The van der Waals surface area contributed by atoms with Gasteiger partial charge in [-0.3, -0.25) is 19.9 Å². The summed E-state index contributed by atoms with van der Waals surface area (Å²) < 4.78 is 10.3. The highest BCUT2D eigenvalue weighted by Gasteiger charge is 2.25. The Bertz CT molecular complexity index is 4840. The van der Waals surface area contributed by atoms with Gasteiger partial charge in [-0.2, -0.15) is 0 Å². The van der Waals surface area contributed by atoms with Crippen LogP contribution < -0.4 is 0 Å². The number of nitrogens with one attached hydrogen (secondary N) is 1. The number of hydrogen-bond acceptors (Lipinski definition) is 18. The van der Waals surface area contributed by atoms with Crippen molar-refractivity contribution >= 4 is 142 Å². The molecule has 1 N–H and O–H groups in total. The molecule has 0 bridgehead atoms. The fourth-order valence-corrected chi connectivity index (χ4v) is 15.4. The van der Waals surface area contributed by atoms with Crippen LogP contribution in [0.3, 0.4) is 0 Å². The third kappa shape index (κ3) is 23.9. The highest BCUT2D eigenvalue weighted by atomic mass is 32.1. The highest BCUT2D eigenvalue weighted by molar-refractivity contribution is 7.20. The van der Waals surface area contributed by atoms with E-state index in [-0.39, 0.29) is 23.7 Å². The molecular formula is C91H110N16S5. The Morgan fingerprint density at radius 3 is 1.31 bits per heavy atom. The van der Waals surface area contributed by atoms with E-state index in [0.717, 1.165) is 79.4 Å². The molecule has 0 aliphatic carbocycles. The van der Waals surface area contributed by atoms with Gasteiger partial charge in [-0.15, -0.1) is 56.7 Å². The molecule has 112 heavy (non-hydrogen) atoms. The van der Waals surface area contributed by atoms with Gasteiger partial charge < -0.3 is 13.8 Å². The van der Waals surface area contributed by atoms with Crippen LogP contribution in [-0.4, -0.2) is 79.3 Å². The largest absolute Gasteiger partial charge is 0.340 e. The van der Waals surface area contributed by atoms with Crippen molar-refractivity contribution in [3.8, 4) is 0 Å². The number of aliphatic imine (C=N–C) groups is 1. The molecule has 3 aromatic carbocycles. The molecule has 584 valence electrons. The summed E-state index contributed by atoms with van der Waals surface area (Å²) in [6.45, 7) is 45.6. The first-order valence-electron chi connectivity index (χ1n) is 38.0. The number of H-pyrrole nitrogens is 1. The monoisotopic (exact) mass is 1590 g/mol. The predicted molar refractivity (Wildman–Crippen MR) is 481 cm³/mol. The third-order valence-corrected chi connectivity index (χ3v) is 23.9. The number of hydrogen-bond donors (Lipinski definition) is 1. The van der Waals surface area contributed by atoms with Crippen molar-refractivity contribution in [2.24, 2.45) is 10.4 Å². The zero-order valence-electron chi connectivity index (χ0n) is 68.1. The summed E-state index contributed by atoms with van der Waals surface area (Å²) in [6, 6.07) is 46.9. The van der Waals surface area contributed by atoms with Gasteiger partial charge in [-0.25, -0.2) is 44.9 Å². The zero-order chi connectivity index (χ0) is 79.7. The summed E-state index contributed by atoms with van der Waals surface area (Å²) in [4.78, 5) is 60.2. The van der Waals surface area contributed by atoms with Gasteiger partial charge in [0.2, 0.25) is 0 Å².